The Morgan fingerprint density at radius 3 is 2.62 bits per heavy atom. The molecule has 0 N–H and O–H groups in total. The Morgan fingerprint density at radius 1 is 1.00 bits per heavy atom. The van der Waals surface area contributed by atoms with Crippen LogP contribution in [0.1, 0.15) is 117 Å². The molecular weight excluding hydrogens is 552 g/mol. The molecule has 0 unspecified atom stereocenters. The molecule has 40 heavy (non-hydrogen) atoms. The maximum Gasteiger partial charge on any atom is 0.244 e. The molecule has 1 aromatic heterocycles. The van der Waals surface area contributed by atoms with E-state index in [1.165, 1.54) is 80.7 Å². The van der Waals surface area contributed by atoms with Crippen molar-refractivity contribution < 1.29 is 4.57 Å². The summed E-state index contributed by atoms with van der Waals surface area (Å²) in [4.78, 5) is 0. The van der Waals surface area contributed by atoms with Crippen LogP contribution >= 0.6 is 15.9 Å². The molecule has 2 nitrogen and oxygen atoms in total. The molecule has 0 bridgehead atoms. The van der Waals surface area contributed by atoms with Gasteiger partial charge in [0, 0.05) is 16.5 Å². The van der Waals surface area contributed by atoms with Gasteiger partial charge in [-0.05, 0) is 97.3 Å². The summed E-state index contributed by atoms with van der Waals surface area (Å²) in [6.45, 7) is 13.7. The third-order valence-electron chi connectivity index (χ3n) is 12.7. The number of fused-ring (bicyclic) bond motifs is 5. The van der Waals surface area contributed by atoms with Crippen molar-refractivity contribution in [3.63, 3.8) is 0 Å². The van der Waals surface area contributed by atoms with Gasteiger partial charge in [-0.25, -0.2) is 9.13 Å². The summed E-state index contributed by atoms with van der Waals surface area (Å²) in [5.74, 6) is 5.50. The second-order valence-corrected chi connectivity index (χ2v) is 16.2. The van der Waals surface area contributed by atoms with Crippen LogP contribution in [-0.4, -0.2) is 4.57 Å². The topological polar surface area (TPSA) is 8.81 Å². The highest BCUT2D eigenvalue weighted by molar-refractivity contribution is 9.10. The van der Waals surface area contributed by atoms with Crippen molar-refractivity contribution in [2.75, 3.05) is 0 Å². The largest absolute Gasteiger partial charge is 0.244 e. The lowest BCUT2D eigenvalue weighted by Crippen LogP contribution is -2.50. The van der Waals surface area contributed by atoms with E-state index in [-0.39, 0.29) is 0 Å². The number of hydrogen-bond acceptors (Lipinski definition) is 0. The molecule has 0 spiro atoms. The molecule has 0 amide bonds. The summed E-state index contributed by atoms with van der Waals surface area (Å²) < 4.78 is 6.06. The van der Waals surface area contributed by atoms with Crippen LogP contribution in [0.4, 0.5) is 0 Å². The smallest absolute Gasteiger partial charge is 0.234 e. The van der Waals surface area contributed by atoms with Gasteiger partial charge in [0.25, 0.3) is 0 Å². The van der Waals surface area contributed by atoms with Crippen LogP contribution in [-0.2, 0) is 6.54 Å². The average molecular weight is 607 g/mol. The molecule has 0 radical (unpaired) electrons. The molecule has 3 heteroatoms. The van der Waals surface area contributed by atoms with Crippen LogP contribution < -0.4 is 4.57 Å². The van der Waals surface area contributed by atoms with Crippen LogP contribution in [0.25, 0.3) is 0 Å². The number of aromatic nitrogens is 2. The summed E-state index contributed by atoms with van der Waals surface area (Å²) in [5, 5.41) is 0. The monoisotopic (exact) mass is 605 g/mol. The van der Waals surface area contributed by atoms with Gasteiger partial charge in [0.2, 0.25) is 6.33 Å². The van der Waals surface area contributed by atoms with Crippen molar-refractivity contribution in [2.24, 2.45) is 46.3 Å². The summed E-state index contributed by atoms with van der Waals surface area (Å²) in [6, 6.07) is 9.20. The predicted molar refractivity (Wildman–Crippen MR) is 170 cm³/mol. The minimum Gasteiger partial charge on any atom is -0.234 e. The highest BCUT2D eigenvalue weighted by atomic mass is 79.9. The minimum atomic E-state index is 0.430. The highest BCUT2D eigenvalue weighted by Crippen LogP contribution is 2.67. The summed E-state index contributed by atoms with van der Waals surface area (Å²) in [5.41, 5.74) is 4.16. The van der Waals surface area contributed by atoms with Crippen LogP contribution in [0.15, 0.2) is 59.1 Å². The first-order valence-corrected chi connectivity index (χ1v) is 17.5. The van der Waals surface area contributed by atoms with Gasteiger partial charge in [-0.2, -0.15) is 0 Å². The predicted octanol–water partition coefficient (Wildman–Crippen LogP) is 10.2. The molecule has 2 aromatic rings. The average Bonchev–Trinajstić information content (AvgIpc) is 3.53. The van der Waals surface area contributed by atoms with E-state index in [1.807, 2.05) is 0 Å². The lowest BCUT2D eigenvalue weighted by molar-refractivity contribution is -0.688. The molecule has 0 aliphatic heterocycles. The summed E-state index contributed by atoms with van der Waals surface area (Å²) in [7, 11) is 0. The van der Waals surface area contributed by atoms with Crippen LogP contribution in [0.3, 0.4) is 0 Å². The first-order chi connectivity index (χ1) is 19.2. The van der Waals surface area contributed by atoms with Gasteiger partial charge < -0.3 is 0 Å². The number of rotatable bonds is 8. The molecule has 0 saturated heterocycles. The van der Waals surface area contributed by atoms with Gasteiger partial charge in [-0.15, -0.1) is 0 Å². The van der Waals surface area contributed by atoms with Crippen LogP contribution in [0.5, 0.6) is 0 Å². The van der Waals surface area contributed by atoms with E-state index in [2.05, 4.69) is 109 Å². The first-order valence-electron chi connectivity index (χ1n) is 16.7. The van der Waals surface area contributed by atoms with Gasteiger partial charge in [-0.1, -0.05) is 99.7 Å². The molecule has 4 aliphatic carbocycles. The SMILES string of the molecule is CC(C)CCC[C@@H](C)[C@H]1CC[C@H]2[C@@H]3CC=C4C[C@@H](n5cc[n+](Cc6ccccc6Br)c5)CC[C@]4(C)[C@H]3CC[C@]12C. The fourth-order valence-electron chi connectivity index (χ4n) is 10.5. The molecular formula is C37H54BrN2+. The van der Waals surface area contributed by atoms with Gasteiger partial charge >= 0.3 is 0 Å². The number of imidazole rings is 1. The lowest BCUT2D eigenvalue weighted by atomic mass is 9.47. The Morgan fingerprint density at radius 2 is 1.82 bits per heavy atom. The molecule has 8 atom stereocenters. The maximum absolute atomic E-state index is 3.73. The minimum absolute atomic E-state index is 0.430. The zero-order chi connectivity index (χ0) is 28.1. The van der Waals surface area contributed by atoms with Gasteiger partial charge in [-0.3, -0.25) is 0 Å². The number of nitrogens with zero attached hydrogens (tertiary/aromatic N) is 2. The molecule has 3 saturated carbocycles. The normalized spacial score (nSPS) is 36.1. The van der Waals surface area contributed by atoms with E-state index in [1.54, 1.807) is 5.57 Å². The van der Waals surface area contributed by atoms with E-state index in [0.717, 1.165) is 42.1 Å². The van der Waals surface area contributed by atoms with Crippen molar-refractivity contribution in [1.29, 1.82) is 0 Å². The molecule has 1 aromatic carbocycles. The van der Waals surface area contributed by atoms with Gasteiger partial charge in [0.1, 0.15) is 25.0 Å². The lowest BCUT2D eigenvalue weighted by Gasteiger charge is -2.58. The number of benzene rings is 1. The number of halogens is 1. The van der Waals surface area contributed by atoms with E-state index in [9.17, 15) is 0 Å². The fraction of sp³-hybridized carbons (Fsp3) is 0.703. The first kappa shape index (κ1) is 28.8. The van der Waals surface area contributed by atoms with E-state index in [0.29, 0.717) is 16.9 Å². The zero-order valence-electron chi connectivity index (χ0n) is 25.9. The Labute approximate surface area is 253 Å². The Kier molecular flexibility index (Phi) is 8.18. The zero-order valence-corrected chi connectivity index (χ0v) is 27.5. The van der Waals surface area contributed by atoms with Crippen LogP contribution in [0.2, 0.25) is 0 Å². The third-order valence-corrected chi connectivity index (χ3v) is 13.5. The molecule has 4 aliphatic rings. The summed E-state index contributed by atoms with van der Waals surface area (Å²) in [6.07, 6.45) is 25.2. The standard InChI is InChI=1S/C37H54BrN2/c1-26(2)9-8-10-27(3)32-15-16-33-31-14-13-29-23-30(17-19-36(29,4)34(31)18-20-37(32,33)5)40-22-21-39(25-40)24-28-11-6-7-12-35(28)38/h6-7,11-13,21-22,25-27,30-34H,8-10,14-20,23-24H2,1-5H3/q+1/t27-,30+,31+,32-,33+,34+,36+,37-/m1/s1. The maximum atomic E-state index is 3.73. The Balaban J connectivity index is 1.13. The third kappa shape index (κ3) is 5.20. The fourth-order valence-corrected chi connectivity index (χ4v) is 10.9. The Bertz CT molecular complexity index is 1210. The number of hydrogen-bond donors (Lipinski definition) is 0. The van der Waals surface area contributed by atoms with Crippen molar-refractivity contribution >= 4 is 15.9 Å². The van der Waals surface area contributed by atoms with Crippen molar-refractivity contribution in [2.45, 2.75) is 118 Å². The van der Waals surface area contributed by atoms with Crippen molar-refractivity contribution in [3.05, 3.63) is 64.7 Å². The molecule has 218 valence electrons. The molecule has 1 heterocycles. The Hall–Kier alpha value is -1.35. The van der Waals surface area contributed by atoms with Gasteiger partial charge in [0.15, 0.2) is 0 Å². The quantitative estimate of drug-likeness (QED) is 0.209. The molecule has 3 fully saturated rings. The summed E-state index contributed by atoms with van der Waals surface area (Å²) >= 11 is 3.73. The molecule has 6 rings (SSSR count). The van der Waals surface area contributed by atoms with Crippen molar-refractivity contribution in [3.8, 4) is 0 Å². The second kappa shape index (κ2) is 11.4. The van der Waals surface area contributed by atoms with Gasteiger partial charge in [0.05, 0.1) is 0 Å². The van der Waals surface area contributed by atoms with E-state index in [4.69, 9.17) is 0 Å². The van der Waals surface area contributed by atoms with E-state index >= 15 is 0 Å². The second-order valence-electron chi connectivity index (χ2n) is 15.3. The van der Waals surface area contributed by atoms with Crippen LogP contribution in [0, 0.1) is 46.3 Å². The number of allylic oxidation sites excluding steroid dienone is 2. The van der Waals surface area contributed by atoms with Crippen molar-refractivity contribution in [1.82, 2.24) is 4.57 Å². The highest BCUT2D eigenvalue weighted by Gasteiger charge is 2.59. The van der Waals surface area contributed by atoms with E-state index < -0.39 is 0 Å².